The van der Waals surface area contributed by atoms with Crippen LogP contribution in [0.1, 0.15) is 19.8 Å². The van der Waals surface area contributed by atoms with Gasteiger partial charge in [-0.25, -0.2) is 9.18 Å². The monoisotopic (exact) mass is 248 g/mol. The summed E-state index contributed by atoms with van der Waals surface area (Å²) in [7, 11) is 0. The number of rotatable bonds is 3. The van der Waals surface area contributed by atoms with E-state index in [0.29, 0.717) is 5.75 Å². The van der Waals surface area contributed by atoms with E-state index in [2.05, 4.69) is 12.6 Å². The zero-order chi connectivity index (χ0) is 12.3. The Bertz CT molecular complexity index is 287. The van der Waals surface area contributed by atoms with Gasteiger partial charge in [0.2, 0.25) is 5.91 Å². The van der Waals surface area contributed by atoms with Crippen LogP contribution in [0.25, 0.3) is 0 Å². The number of carboxylic acid groups (broad SMARTS) is 1. The van der Waals surface area contributed by atoms with Crippen molar-refractivity contribution < 1.29 is 19.1 Å². The van der Waals surface area contributed by atoms with E-state index in [0.717, 1.165) is 4.90 Å². The lowest BCUT2D eigenvalue weighted by Crippen LogP contribution is -2.48. The van der Waals surface area contributed by atoms with Crippen molar-refractivity contribution in [2.24, 2.45) is 5.92 Å². The van der Waals surface area contributed by atoms with E-state index in [9.17, 15) is 14.0 Å². The Morgan fingerprint density at radius 2 is 2.31 bits per heavy atom. The molecule has 1 fully saturated rings. The van der Waals surface area contributed by atoms with Gasteiger partial charge in [0.15, 0.2) is 6.04 Å². The summed E-state index contributed by atoms with van der Waals surface area (Å²) in [6.07, 6.45) is -0.874. The van der Waals surface area contributed by atoms with Crippen LogP contribution in [0.15, 0.2) is 0 Å². The number of hydrogen-bond acceptors (Lipinski definition) is 3. The van der Waals surface area contributed by atoms with Crippen LogP contribution in [0.4, 0.5) is 4.39 Å². The van der Waals surface area contributed by atoms with Crippen LogP contribution in [0.2, 0.25) is 0 Å². The molecule has 1 aliphatic heterocycles. The quantitative estimate of drug-likeness (QED) is 0.736. The lowest BCUT2D eigenvalue weighted by Gasteiger charge is -2.35. The predicted molar refractivity (Wildman–Crippen MR) is 59.7 cm³/mol. The molecule has 2 unspecified atom stereocenters. The van der Waals surface area contributed by atoms with Gasteiger partial charge in [0.1, 0.15) is 6.17 Å². The summed E-state index contributed by atoms with van der Waals surface area (Å²) in [4.78, 5) is 23.8. The Morgan fingerprint density at radius 1 is 1.69 bits per heavy atom. The number of thiol groups is 1. The third-order valence-electron chi connectivity index (χ3n) is 2.61. The molecule has 0 aromatic rings. The number of alkyl halides is 1. The lowest BCUT2D eigenvalue weighted by molar-refractivity contribution is -0.147. The highest BCUT2D eigenvalue weighted by atomic mass is 32.1. The first-order valence-corrected chi connectivity index (χ1v) is 5.76. The summed E-state index contributed by atoms with van der Waals surface area (Å²) >= 11 is 3.98. The minimum absolute atomic E-state index is 0.00691. The van der Waals surface area contributed by atoms with E-state index in [1.54, 1.807) is 6.92 Å². The molecule has 1 radical (unpaired) electrons. The zero-order valence-corrected chi connectivity index (χ0v) is 9.91. The van der Waals surface area contributed by atoms with Crippen molar-refractivity contribution in [2.75, 3.05) is 12.3 Å². The molecule has 16 heavy (non-hydrogen) atoms. The van der Waals surface area contributed by atoms with Crippen LogP contribution in [0, 0.1) is 12.0 Å². The number of hydrogen-bond donors (Lipinski definition) is 2. The molecular formula is C10H15FNO3S. The second kappa shape index (κ2) is 5.52. The number of halogens is 1. The number of carbonyl (C=O) groups is 2. The largest absolute Gasteiger partial charge is 0.479 e. The van der Waals surface area contributed by atoms with Gasteiger partial charge in [0.25, 0.3) is 0 Å². The summed E-state index contributed by atoms with van der Waals surface area (Å²) in [5.74, 6) is -1.59. The van der Waals surface area contributed by atoms with Crippen molar-refractivity contribution in [3.63, 3.8) is 0 Å². The maximum absolute atomic E-state index is 13.2. The standard InChI is InChI=1S/C10H15FNO3S/c1-6(5-16)9(13)12-4-7(11)2-3-8(12)10(14)15/h6-7,16H,2-5H2,1H3,(H,14,15). The van der Waals surface area contributed by atoms with Gasteiger partial charge in [0.05, 0.1) is 6.54 Å². The van der Waals surface area contributed by atoms with Gasteiger partial charge in [-0.05, 0) is 12.8 Å². The Hall–Kier alpha value is -0.780. The molecule has 0 aromatic heterocycles. The normalized spacial score (nSPS) is 24.2. The van der Waals surface area contributed by atoms with E-state index in [1.165, 1.54) is 0 Å². The van der Waals surface area contributed by atoms with Gasteiger partial charge in [0, 0.05) is 11.7 Å². The number of carboxylic acids is 1. The van der Waals surface area contributed by atoms with Crippen molar-refractivity contribution >= 4 is 24.5 Å². The number of aliphatic carboxylic acids is 1. The highest BCUT2D eigenvalue weighted by Gasteiger charge is 2.38. The van der Waals surface area contributed by atoms with E-state index in [-0.39, 0.29) is 31.3 Å². The molecule has 1 saturated heterocycles. The van der Waals surface area contributed by atoms with Gasteiger partial charge >= 0.3 is 5.97 Å². The van der Waals surface area contributed by atoms with E-state index in [4.69, 9.17) is 5.11 Å². The molecule has 1 N–H and O–H groups in total. The number of amides is 1. The fraction of sp³-hybridized carbons (Fsp3) is 0.700. The summed E-state index contributed by atoms with van der Waals surface area (Å²) in [5, 5.41) is 8.93. The first-order valence-electron chi connectivity index (χ1n) is 5.12. The summed E-state index contributed by atoms with van der Waals surface area (Å²) in [5.41, 5.74) is 0. The Labute approximate surface area is 99.2 Å². The topological polar surface area (TPSA) is 57.6 Å². The van der Waals surface area contributed by atoms with Crippen molar-refractivity contribution in [1.82, 2.24) is 4.90 Å². The van der Waals surface area contributed by atoms with Crippen molar-refractivity contribution in [1.29, 1.82) is 0 Å². The van der Waals surface area contributed by atoms with Crippen molar-refractivity contribution in [3.05, 3.63) is 6.04 Å². The molecule has 91 valence electrons. The summed E-state index contributed by atoms with van der Waals surface area (Å²) < 4.78 is 13.2. The number of piperidine rings is 1. The van der Waals surface area contributed by atoms with Crippen molar-refractivity contribution in [3.8, 4) is 0 Å². The van der Waals surface area contributed by atoms with Crippen molar-refractivity contribution in [2.45, 2.75) is 25.9 Å². The number of nitrogens with zero attached hydrogens (tertiary/aromatic N) is 1. The third-order valence-corrected chi connectivity index (χ3v) is 3.16. The number of carbonyl (C=O) groups excluding carboxylic acids is 1. The average molecular weight is 248 g/mol. The molecule has 0 bridgehead atoms. The lowest BCUT2D eigenvalue weighted by atomic mass is 9.99. The molecule has 0 aromatic carbocycles. The predicted octanol–water partition coefficient (Wildman–Crippen LogP) is 1.13. The van der Waals surface area contributed by atoms with Gasteiger partial charge in [-0.2, -0.15) is 12.6 Å². The molecule has 4 nitrogen and oxygen atoms in total. The summed E-state index contributed by atoms with van der Waals surface area (Å²) in [6.45, 7) is 1.50. The third kappa shape index (κ3) is 2.87. The van der Waals surface area contributed by atoms with Gasteiger partial charge < -0.3 is 10.0 Å². The Balaban J connectivity index is 2.78. The molecule has 1 heterocycles. The Morgan fingerprint density at radius 3 is 2.81 bits per heavy atom. The molecule has 1 aliphatic rings. The SMILES string of the molecule is CC(CS)C(=O)N1CC(F)CC[C]1C(=O)O. The fourth-order valence-electron chi connectivity index (χ4n) is 1.62. The highest BCUT2D eigenvalue weighted by molar-refractivity contribution is 7.80. The molecular weight excluding hydrogens is 233 g/mol. The second-order valence-electron chi connectivity index (χ2n) is 3.92. The van der Waals surface area contributed by atoms with E-state index >= 15 is 0 Å². The van der Waals surface area contributed by atoms with Gasteiger partial charge in [-0.15, -0.1) is 0 Å². The Kier molecular flexibility index (Phi) is 4.58. The van der Waals surface area contributed by atoms with Crippen LogP contribution < -0.4 is 0 Å². The van der Waals surface area contributed by atoms with E-state index in [1.807, 2.05) is 0 Å². The maximum Gasteiger partial charge on any atom is 0.332 e. The highest BCUT2D eigenvalue weighted by Crippen LogP contribution is 2.27. The molecule has 1 amide bonds. The first-order chi connectivity index (χ1) is 7.47. The van der Waals surface area contributed by atoms with Crippen LogP contribution >= 0.6 is 12.6 Å². The molecule has 2 atom stereocenters. The second-order valence-corrected chi connectivity index (χ2v) is 4.29. The van der Waals surface area contributed by atoms with Crippen LogP contribution in [-0.2, 0) is 9.59 Å². The minimum Gasteiger partial charge on any atom is -0.479 e. The molecule has 0 aliphatic carbocycles. The summed E-state index contributed by atoms with van der Waals surface area (Å²) in [6, 6.07) is -0.00691. The fourth-order valence-corrected chi connectivity index (χ4v) is 1.77. The molecule has 6 heteroatoms. The van der Waals surface area contributed by atoms with Crippen LogP contribution in [0.3, 0.4) is 0 Å². The average Bonchev–Trinajstić information content (AvgIpc) is 2.26. The van der Waals surface area contributed by atoms with Crippen LogP contribution in [0.5, 0.6) is 0 Å². The van der Waals surface area contributed by atoms with E-state index < -0.39 is 18.1 Å². The first kappa shape index (κ1) is 13.3. The van der Waals surface area contributed by atoms with Crippen LogP contribution in [-0.4, -0.2) is 40.4 Å². The van der Waals surface area contributed by atoms with Gasteiger partial charge in [-0.3, -0.25) is 4.79 Å². The molecule has 0 spiro atoms. The maximum atomic E-state index is 13.2. The zero-order valence-electron chi connectivity index (χ0n) is 9.02. The minimum atomic E-state index is -1.15. The molecule has 1 rings (SSSR count). The van der Waals surface area contributed by atoms with Gasteiger partial charge in [-0.1, -0.05) is 6.92 Å². The smallest absolute Gasteiger partial charge is 0.332 e. The number of likely N-dealkylation sites (tertiary alicyclic amines) is 1. The molecule has 0 saturated carbocycles.